The number of sulfonamides is 1. The third kappa shape index (κ3) is 5.28. The Bertz CT molecular complexity index is 1390. The largest absolute Gasteiger partial charge is 0.342 e. The number of aromatic nitrogens is 2. The minimum absolute atomic E-state index is 0.0821. The Hall–Kier alpha value is -3.01. The molecule has 0 radical (unpaired) electrons. The van der Waals surface area contributed by atoms with Crippen LogP contribution in [0, 0.1) is 5.82 Å². The van der Waals surface area contributed by atoms with Gasteiger partial charge in [-0.15, -0.1) is 0 Å². The zero-order chi connectivity index (χ0) is 27.1. The van der Waals surface area contributed by atoms with Crippen molar-refractivity contribution in [2.24, 2.45) is 0 Å². The number of amides is 2. The summed E-state index contributed by atoms with van der Waals surface area (Å²) in [7, 11) is -3.87. The SMILES string of the molecule is CCCCCc1ccc(C2(C)CC(c3ccn(C4CCC4)n3)=C(C(=O)NS(=O)(=O)C3CC3)C(=O)N2)c(F)c1. The molecule has 1 aromatic carbocycles. The Morgan fingerprint density at radius 1 is 1.21 bits per heavy atom. The van der Waals surface area contributed by atoms with Crippen molar-refractivity contribution in [2.45, 2.75) is 94.9 Å². The summed E-state index contributed by atoms with van der Waals surface area (Å²) in [6.45, 7) is 3.84. The van der Waals surface area contributed by atoms with Crippen molar-refractivity contribution in [3.8, 4) is 0 Å². The Morgan fingerprint density at radius 2 is 1.97 bits per heavy atom. The molecule has 2 aromatic rings. The molecule has 2 aliphatic carbocycles. The van der Waals surface area contributed by atoms with Gasteiger partial charge in [-0.05, 0) is 69.6 Å². The Kier molecular flexibility index (Phi) is 7.19. The van der Waals surface area contributed by atoms with E-state index in [9.17, 15) is 18.0 Å². The summed E-state index contributed by atoms with van der Waals surface area (Å²) in [5, 5.41) is 6.85. The molecule has 0 spiro atoms. The number of aryl methyl sites for hydroxylation is 1. The summed E-state index contributed by atoms with van der Waals surface area (Å²) in [4.78, 5) is 26.7. The summed E-state index contributed by atoms with van der Waals surface area (Å²) in [6.07, 6.45) is 9.88. The number of carbonyl (C=O) groups excluding carboxylic acids is 2. The minimum Gasteiger partial charge on any atom is -0.342 e. The molecule has 2 saturated carbocycles. The second-order valence-electron chi connectivity index (χ2n) is 11.0. The summed E-state index contributed by atoms with van der Waals surface area (Å²) in [6, 6.07) is 7.09. The quantitative estimate of drug-likeness (QED) is 0.344. The molecule has 8 nitrogen and oxygen atoms in total. The predicted molar refractivity (Wildman–Crippen MR) is 142 cm³/mol. The van der Waals surface area contributed by atoms with Gasteiger partial charge in [0, 0.05) is 23.8 Å². The van der Waals surface area contributed by atoms with Crippen molar-refractivity contribution >= 4 is 27.4 Å². The van der Waals surface area contributed by atoms with Crippen LogP contribution < -0.4 is 10.0 Å². The predicted octanol–water partition coefficient (Wildman–Crippen LogP) is 4.28. The maximum atomic E-state index is 15.4. The van der Waals surface area contributed by atoms with Crippen LogP contribution in [-0.4, -0.2) is 35.3 Å². The fraction of sp³-hybridized carbons (Fsp3) is 0.536. The highest BCUT2D eigenvalue weighted by atomic mass is 32.2. The number of carbonyl (C=O) groups is 2. The van der Waals surface area contributed by atoms with Crippen LogP contribution in [0.15, 0.2) is 36.0 Å². The van der Waals surface area contributed by atoms with Crippen LogP contribution in [-0.2, 0) is 31.6 Å². The molecule has 1 unspecified atom stereocenters. The number of halogens is 1. The summed E-state index contributed by atoms with van der Waals surface area (Å²) >= 11 is 0. The van der Waals surface area contributed by atoms with Crippen LogP contribution in [0.1, 0.15) is 94.5 Å². The van der Waals surface area contributed by atoms with Crippen LogP contribution in [0.25, 0.3) is 5.57 Å². The molecule has 2 N–H and O–H groups in total. The van der Waals surface area contributed by atoms with Gasteiger partial charge in [0.05, 0.1) is 22.5 Å². The van der Waals surface area contributed by atoms with Gasteiger partial charge >= 0.3 is 0 Å². The zero-order valence-electron chi connectivity index (χ0n) is 21.9. The van der Waals surface area contributed by atoms with E-state index in [1.165, 1.54) is 6.07 Å². The summed E-state index contributed by atoms with van der Waals surface area (Å²) < 4.78 is 44.4. The second kappa shape index (κ2) is 10.3. The molecule has 1 aromatic heterocycles. The van der Waals surface area contributed by atoms with E-state index < -0.39 is 38.4 Å². The molecular weight excluding hydrogens is 507 g/mol. The van der Waals surface area contributed by atoms with Crippen LogP contribution in [0.3, 0.4) is 0 Å². The molecule has 10 heteroatoms. The highest BCUT2D eigenvalue weighted by Gasteiger charge is 2.44. The summed E-state index contributed by atoms with van der Waals surface area (Å²) in [5.41, 5.74) is 0.490. The highest BCUT2D eigenvalue weighted by molar-refractivity contribution is 7.91. The topological polar surface area (TPSA) is 110 Å². The lowest BCUT2D eigenvalue weighted by Gasteiger charge is -2.37. The fourth-order valence-electron chi connectivity index (χ4n) is 5.29. The number of nitrogens with zero attached hydrogens (tertiary/aromatic N) is 2. The van der Waals surface area contributed by atoms with Gasteiger partial charge in [-0.1, -0.05) is 31.9 Å². The molecule has 2 fully saturated rings. The first kappa shape index (κ1) is 26.6. The number of benzene rings is 1. The number of hydrogen-bond acceptors (Lipinski definition) is 5. The first-order valence-electron chi connectivity index (χ1n) is 13.6. The maximum absolute atomic E-state index is 15.4. The molecule has 38 heavy (non-hydrogen) atoms. The molecule has 3 aliphatic rings. The van der Waals surface area contributed by atoms with Gasteiger partial charge in [0.2, 0.25) is 10.0 Å². The first-order valence-corrected chi connectivity index (χ1v) is 15.1. The third-order valence-electron chi connectivity index (χ3n) is 7.94. The normalized spacial score (nSPS) is 22.2. The molecule has 1 atom stereocenters. The smallest absolute Gasteiger partial charge is 0.270 e. The van der Waals surface area contributed by atoms with Gasteiger partial charge in [-0.2, -0.15) is 5.10 Å². The van der Waals surface area contributed by atoms with Crippen LogP contribution in [0.2, 0.25) is 0 Å². The first-order chi connectivity index (χ1) is 18.1. The standard InChI is InChI=1S/C28H35FN4O4S/c1-3-4-5-7-18-10-13-22(23(29)16-18)28(2)17-21(24-14-15-33(31-24)19-8-6-9-19)25(26(34)30-28)27(35)32-38(36,37)20-11-12-20/h10,13-16,19-20H,3-9,11-12,17H2,1-2H3,(H,30,34)(H,32,35). The highest BCUT2D eigenvalue weighted by Crippen LogP contribution is 2.40. The number of unbranched alkanes of at least 4 members (excludes halogenated alkanes) is 2. The van der Waals surface area contributed by atoms with E-state index >= 15 is 4.39 Å². The molecule has 1 aliphatic heterocycles. The van der Waals surface area contributed by atoms with Crippen molar-refractivity contribution in [3.05, 3.63) is 58.7 Å². The van der Waals surface area contributed by atoms with Crippen LogP contribution in [0.5, 0.6) is 0 Å². The van der Waals surface area contributed by atoms with E-state index in [1.54, 1.807) is 19.1 Å². The van der Waals surface area contributed by atoms with Crippen molar-refractivity contribution < 1.29 is 22.4 Å². The van der Waals surface area contributed by atoms with Crippen molar-refractivity contribution in [1.29, 1.82) is 0 Å². The van der Waals surface area contributed by atoms with Crippen molar-refractivity contribution in [2.75, 3.05) is 0 Å². The maximum Gasteiger partial charge on any atom is 0.270 e. The van der Waals surface area contributed by atoms with Gasteiger partial charge in [0.15, 0.2) is 0 Å². The van der Waals surface area contributed by atoms with Gasteiger partial charge < -0.3 is 5.32 Å². The van der Waals surface area contributed by atoms with E-state index in [2.05, 4.69) is 22.1 Å². The Morgan fingerprint density at radius 3 is 2.61 bits per heavy atom. The molecule has 204 valence electrons. The van der Waals surface area contributed by atoms with E-state index in [0.29, 0.717) is 29.7 Å². The molecule has 0 bridgehead atoms. The molecule has 2 amide bonds. The van der Waals surface area contributed by atoms with Gasteiger partial charge in [0.25, 0.3) is 11.8 Å². The third-order valence-corrected chi connectivity index (χ3v) is 9.76. The average Bonchev–Trinajstić information content (AvgIpc) is 3.57. The monoisotopic (exact) mass is 542 g/mol. The van der Waals surface area contributed by atoms with E-state index in [4.69, 9.17) is 0 Å². The molecule has 5 rings (SSSR count). The number of nitrogens with one attached hydrogen (secondary N) is 2. The number of rotatable bonds is 10. The number of hydrogen-bond donors (Lipinski definition) is 2. The lowest BCUT2D eigenvalue weighted by Crippen LogP contribution is -2.51. The second-order valence-corrected chi connectivity index (χ2v) is 13.0. The van der Waals surface area contributed by atoms with Crippen molar-refractivity contribution in [3.63, 3.8) is 0 Å². The lowest BCUT2D eigenvalue weighted by atomic mass is 9.79. The molecule has 0 saturated heterocycles. The van der Waals surface area contributed by atoms with E-state index in [1.807, 2.05) is 16.9 Å². The average molecular weight is 543 g/mol. The molecule has 2 heterocycles. The van der Waals surface area contributed by atoms with Gasteiger partial charge in [-0.3, -0.25) is 14.3 Å². The van der Waals surface area contributed by atoms with Crippen LogP contribution in [0.4, 0.5) is 4.39 Å². The van der Waals surface area contributed by atoms with Gasteiger partial charge in [-0.25, -0.2) is 17.5 Å². The van der Waals surface area contributed by atoms with E-state index in [0.717, 1.165) is 50.5 Å². The Labute approximate surface area is 223 Å². The minimum atomic E-state index is -3.87. The fourth-order valence-corrected chi connectivity index (χ4v) is 6.58. The molecular formula is C28H35FN4O4S. The van der Waals surface area contributed by atoms with Gasteiger partial charge in [0.1, 0.15) is 11.4 Å². The van der Waals surface area contributed by atoms with Crippen LogP contribution >= 0.6 is 0 Å². The van der Waals surface area contributed by atoms with Crippen molar-refractivity contribution in [1.82, 2.24) is 19.8 Å². The zero-order valence-corrected chi connectivity index (χ0v) is 22.7. The Balaban J connectivity index is 1.50. The van der Waals surface area contributed by atoms with E-state index in [-0.39, 0.29) is 18.0 Å². The lowest BCUT2D eigenvalue weighted by molar-refractivity contribution is -0.124. The summed E-state index contributed by atoms with van der Waals surface area (Å²) in [5.74, 6) is -2.15.